The highest BCUT2D eigenvalue weighted by atomic mass is 16.1. The van der Waals surface area contributed by atoms with Gasteiger partial charge in [-0.3, -0.25) is 4.79 Å². The average molecular weight is 249 g/mol. The summed E-state index contributed by atoms with van der Waals surface area (Å²) in [6.45, 7) is 2.20. The number of nitrogen functional groups attached to an aromatic ring is 1. The molecule has 0 saturated heterocycles. The molecule has 0 atom stereocenters. The molecule has 0 radical (unpaired) electrons. The first-order chi connectivity index (χ1) is 8.74. The molecule has 1 heterocycles. The largest absolute Gasteiger partial charge is 0.396 e. The van der Waals surface area contributed by atoms with E-state index in [2.05, 4.69) is 17.2 Å². The molecule has 0 aliphatic carbocycles. The van der Waals surface area contributed by atoms with Gasteiger partial charge in [0.2, 0.25) is 5.91 Å². The van der Waals surface area contributed by atoms with Gasteiger partial charge in [0.1, 0.15) is 0 Å². The summed E-state index contributed by atoms with van der Waals surface area (Å²) in [7, 11) is 0. The van der Waals surface area contributed by atoms with Crippen LogP contribution in [0.15, 0.2) is 18.3 Å². The minimum absolute atomic E-state index is 0.00380. The summed E-state index contributed by atoms with van der Waals surface area (Å²) in [6, 6.07) is 3.48. The second-order valence-corrected chi connectivity index (χ2v) is 4.51. The number of rotatable bonds is 8. The Balaban J connectivity index is 2.16. The topological polar surface area (TPSA) is 68.0 Å². The Morgan fingerprint density at radius 1 is 1.28 bits per heavy atom. The molecule has 0 bridgehead atoms. The van der Waals surface area contributed by atoms with Gasteiger partial charge in [0, 0.05) is 12.6 Å². The van der Waals surface area contributed by atoms with Gasteiger partial charge in [0.15, 0.2) is 5.82 Å². The molecule has 0 fully saturated rings. The molecular weight excluding hydrogens is 226 g/mol. The maximum atomic E-state index is 11.6. The van der Waals surface area contributed by atoms with Gasteiger partial charge in [-0.1, -0.05) is 39.0 Å². The Morgan fingerprint density at radius 3 is 2.72 bits per heavy atom. The zero-order valence-corrected chi connectivity index (χ0v) is 11.1. The molecule has 3 N–H and O–H groups in total. The zero-order chi connectivity index (χ0) is 13.2. The van der Waals surface area contributed by atoms with Crippen molar-refractivity contribution in [2.24, 2.45) is 0 Å². The summed E-state index contributed by atoms with van der Waals surface area (Å²) < 4.78 is 0. The second-order valence-electron chi connectivity index (χ2n) is 4.51. The minimum Gasteiger partial charge on any atom is -0.396 e. The summed E-state index contributed by atoms with van der Waals surface area (Å²) in [5.41, 5.74) is 6.21. The van der Waals surface area contributed by atoms with Crippen molar-refractivity contribution in [3.63, 3.8) is 0 Å². The Labute approximate surface area is 109 Å². The van der Waals surface area contributed by atoms with Crippen molar-refractivity contribution in [3.05, 3.63) is 18.3 Å². The highest BCUT2D eigenvalue weighted by molar-refractivity contribution is 5.92. The molecule has 0 aromatic carbocycles. The normalized spacial score (nSPS) is 10.3. The standard InChI is InChI=1S/C14H23N3O/c1-2-3-4-5-6-7-10-13(18)17-14-12(15)9-8-11-16-14/h8-9,11H,2-7,10,15H2,1H3,(H,16,17,18). The number of amides is 1. The van der Waals surface area contributed by atoms with Crippen LogP contribution in [0.2, 0.25) is 0 Å². The van der Waals surface area contributed by atoms with Gasteiger partial charge in [-0.2, -0.15) is 0 Å². The number of nitrogens with zero attached hydrogens (tertiary/aromatic N) is 1. The van der Waals surface area contributed by atoms with E-state index in [9.17, 15) is 4.79 Å². The Bertz CT molecular complexity index is 366. The first kappa shape index (κ1) is 14.5. The molecule has 4 nitrogen and oxygen atoms in total. The van der Waals surface area contributed by atoms with Crippen LogP contribution in [-0.2, 0) is 4.79 Å². The van der Waals surface area contributed by atoms with Crippen LogP contribution in [0, 0.1) is 0 Å². The van der Waals surface area contributed by atoms with E-state index in [1.807, 2.05) is 0 Å². The summed E-state index contributed by atoms with van der Waals surface area (Å²) in [6.07, 6.45) is 9.24. The molecule has 100 valence electrons. The summed E-state index contributed by atoms with van der Waals surface area (Å²) in [5.74, 6) is 0.462. The molecular formula is C14H23N3O. The Kier molecular flexibility index (Phi) is 6.84. The van der Waals surface area contributed by atoms with Gasteiger partial charge in [-0.05, 0) is 18.6 Å². The molecule has 1 aromatic rings. The van der Waals surface area contributed by atoms with Crippen LogP contribution in [0.1, 0.15) is 51.9 Å². The van der Waals surface area contributed by atoms with E-state index in [4.69, 9.17) is 5.73 Å². The summed E-state index contributed by atoms with van der Waals surface area (Å²) in [4.78, 5) is 15.7. The number of pyridine rings is 1. The maximum Gasteiger partial charge on any atom is 0.225 e. The fourth-order valence-electron chi connectivity index (χ4n) is 1.78. The van der Waals surface area contributed by atoms with Crippen LogP contribution in [0.25, 0.3) is 0 Å². The number of unbranched alkanes of at least 4 members (excludes halogenated alkanes) is 5. The van der Waals surface area contributed by atoms with Crippen LogP contribution in [0.3, 0.4) is 0 Å². The number of aromatic nitrogens is 1. The smallest absolute Gasteiger partial charge is 0.225 e. The Morgan fingerprint density at radius 2 is 2.00 bits per heavy atom. The van der Waals surface area contributed by atoms with Crippen molar-refractivity contribution in [2.45, 2.75) is 51.9 Å². The van der Waals surface area contributed by atoms with E-state index in [-0.39, 0.29) is 5.91 Å². The van der Waals surface area contributed by atoms with Gasteiger partial charge in [-0.25, -0.2) is 4.98 Å². The molecule has 18 heavy (non-hydrogen) atoms. The third-order valence-electron chi connectivity index (χ3n) is 2.85. The lowest BCUT2D eigenvalue weighted by Crippen LogP contribution is -2.13. The SMILES string of the molecule is CCCCCCCCC(=O)Nc1ncccc1N. The predicted octanol–water partition coefficient (Wildman–Crippen LogP) is 3.35. The molecule has 1 aromatic heterocycles. The van der Waals surface area contributed by atoms with E-state index in [1.54, 1.807) is 18.3 Å². The fourth-order valence-corrected chi connectivity index (χ4v) is 1.78. The van der Waals surface area contributed by atoms with E-state index in [1.165, 1.54) is 25.7 Å². The number of hydrogen-bond acceptors (Lipinski definition) is 3. The average Bonchev–Trinajstić information content (AvgIpc) is 2.36. The molecule has 0 spiro atoms. The number of anilines is 2. The van der Waals surface area contributed by atoms with Crippen LogP contribution in [0.5, 0.6) is 0 Å². The summed E-state index contributed by atoms with van der Waals surface area (Å²) in [5, 5.41) is 2.74. The highest BCUT2D eigenvalue weighted by Crippen LogP contribution is 2.14. The van der Waals surface area contributed by atoms with Gasteiger partial charge in [0.25, 0.3) is 0 Å². The number of hydrogen-bond donors (Lipinski definition) is 2. The van der Waals surface area contributed by atoms with E-state index in [0.29, 0.717) is 17.9 Å². The molecule has 0 aliphatic heterocycles. The monoisotopic (exact) mass is 249 g/mol. The van der Waals surface area contributed by atoms with Gasteiger partial charge >= 0.3 is 0 Å². The fraction of sp³-hybridized carbons (Fsp3) is 0.571. The third-order valence-corrected chi connectivity index (χ3v) is 2.85. The third kappa shape index (κ3) is 5.66. The van der Waals surface area contributed by atoms with Crippen LogP contribution < -0.4 is 11.1 Å². The molecule has 4 heteroatoms. The Hall–Kier alpha value is -1.58. The van der Waals surface area contributed by atoms with E-state index < -0.39 is 0 Å². The van der Waals surface area contributed by atoms with Crippen molar-refractivity contribution >= 4 is 17.4 Å². The van der Waals surface area contributed by atoms with Crippen molar-refractivity contribution in [3.8, 4) is 0 Å². The highest BCUT2D eigenvalue weighted by Gasteiger charge is 2.05. The van der Waals surface area contributed by atoms with Gasteiger partial charge in [0.05, 0.1) is 5.69 Å². The van der Waals surface area contributed by atoms with Crippen molar-refractivity contribution in [2.75, 3.05) is 11.1 Å². The zero-order valence-electron chi connectivity index (χ0n) is 11.1. The molecule has 0 saturated carbocycles. The van der Waals surface area contributed by atoms with Crippen LogP contribution >= 0.6 is 0 Å². The number of carbonyl (C=O) groups excluding carboxylic acids is 1. The minimum atomic E-state index is -0.00380. The lowest BCUT2D eigenvalue weighted by Gasteiger charge is -2.06. The first-order valence-corrected chi connectivity index (χ1v) is 6.74. The van der Waals surface area contributed by atoms with Crippen LogP contribution in [-0.4, -0.2) is 10.9 Å². The van der Waals surface area contributed by atoms with Crippen molar-refractivity contribution in [1.29, 1.82) is 0 Å². The molecule has 0 unspecified atom stereocenters. The van der Waals surface area contributed by atoms with Crippen LogP contribution in [0.4, 0.5) is 11.5 Å². The lowest BCUT2D eigenvalue weighted by atomic mass is 10.1. The maximum absolute atomic E-state index is 11.6. The van der Waals surface area contributed by atoms with E-state index >= 15 is 0 Å². The molecule has 1 amide bonds. The second kappa shape index (κ2) is 8.50. The number of carbonyl (C=O) groups is 1. The first-order valence-electron chi connectivity index (χ1n) is 6.74. The number of nitrogens with two attached hydrogens (primary N) is 1. The molecule has 1 rings (SSSR count). The predicted molar refractivity (Wildman–Crippen MR) is 75.3 cm³/mol. The molecule has 0 aliphatic rings. The lowest BCUT2D eigenvalue weighted by molar-refractivity contribution is -0.116. The number of nitrogens with one attached hydrogen (secondary N) is 1. The van der Waals surface area contributed by atoms with E-state index in [0.717, 1.165) is 12.8 Å². The van der Waals surface area contributed by atoms with Crippen molar-refractivity contribution in [1.82, 2.24) is 4.98 Å². The van der Waals surface area contributed by atoms with Gasteiger partial charge < -0.3 is 11.1 Å². The van der Waals surface area contributed by atoms with Gasteiger partial charge in [-0.15, -0.1) is 0 Å². The quantitative estimate of drug-likeness (QED) is 0.694. The van der Waals surface area contributed by atoms with Crippen molar-refractivity contribution < 1.29 is 4.79 Å². The summed E-state index contributed by atoms with van der Waals surface area (Å²) >= 11 is 0.